The third kappa shape index (κ3) is 3.50. The molecule has 0 bridgehead atoms. The fourth-order valence-corrected chi connectivity index (χ4v) is 5.04. The molecule has 10 heteroatoms. The van der Waals surface area contributed by atoms with Crippen LogP contribution in [0.3, 0.4) is 0 Å². The van der Waals surface area contributed by atoms with E-state index in [1.807, 2.05) is 23.1 Å². The van der Waals surface area contributed by atoms with Crippen molar-refractivity contribution < 1.29 is 4.11 Å². The Kier molecular flexibility index (Phi) is 4.22. The van der Waals surface area contributed by atoms with Gasteiger partial charge in [0.1, 0.15) is 11.8 Å². The second-order valence-corrected chi connectivity index (χ2v) is 9.10. The van der Waals surface area contributed by atoms with E-state index >= 15 is 0 Å². The number of nitriles is 1. The molecule has 0 amide bonds. The number of nitrogens with zero attached hydrogens (tertiary/aromatic N) is 7. The Morgan fingerprint density at radius 3 is 2.71 bits per heavy atom. The number of halogens is 1. The number of piperidine rings is 1. The van der Waals surface area contributed by atoms with Gasteiger partial charge in [0, 0.05) is 46.9 Å². The van der Waals surface area contributed by atoms with Crippen LogP contribution in [0.2, 0.25) is 5.02 Å². The highest BCUT2D eigenvalue weighted by molar-refractivity contribution is 6.38. The molecule has 2 aromatic carbocycles. The van der Waals surface area contributed by atoms with Crippen LogP contribution in [0.4, 0.5) is 5.95 Å². The molecule has 3 aromatic heterocycles. The van der Waals surface area contributed by atoms with Crippen molar-refractivity contribution in [1.29, 1.82) is 5.26 Å². The van der Waals surface area contributed by atoms with Crippen LogP contribution in [0, 0.1) is 11.3 Å². The number of H-pyrrole nitrogens is 1. The lowest BCUT2D eigenvalue weighted by Crippen LogP contribution is -2.48. The van der Waals surface area contributed by atoms with Crippen LogP contribution in [0.1, 0.15) is 28.2 Å². The zero-order valence-corrected chi connectivity index (χ0v) is 19.3. The van der Waals surface area contributed by atoms with Crippen LogP contribution >= 0.6 is 11.6 Å². The minimum atomic E-state index is -2.43. The third-order valence-electron chi connectivity index (χ3n) is 6.68. The molecule has 5 aromatic rings. The summed E-state index contributed by atoms with van der Waals surface area (Å²) >= 11 is 6.69. The van der Waals surface area contributed by atoms with Crippen LogP contribution in [-0.4, -0.2) is 43.0 Å². The number of hydrogen-bond acceptors (Lipinski definition) is 7. The topological polar surface area (TPSA) is 125 Å². The van der Waals surface area contributed by atoms with E-state index in [9.17, 15) is 5.26 Å². The molecule has 1 saturated heterocycles. The maximum Gasteiger partial charge on any atom is 0.228 e. The summed E-state index contributed by atoms with van der Waals surface area (Å²) in [6.07, 6.45) is 2.81. The Hall–Kier alpha value is -4.00. The highest BCUT2D eigenvalue weighted by Gasteiger charge is 2.33. The van der Waals surface area contributed by atoms with Crippen molar-refractivity contribution in [3.05, 3.63) is 64.9 Å². The van der Waals surface area contributed by atoms with Crippen molar-refractivity contribution >= 4 is 39.5 Å². The van der Waals surface area contributed by atoms with Crippen molar-refractivity contribution in [3.8, 4) is 17.3 Å². The summed E-state index contributed by atoms with van der Waals surface area (Å²) < 4.78 is 23.7. The first-order valence-corrected chi connectivity index (χ1v) is 11.5. The molecule has 9 nitrogen and oxygen atoms in total. The Morgan fingerprint density at radius 2 is 1.97 bits per heavy atom. The average Bonchev–Trinajstić information content (AvgIpc) is 3.55. The normalized spacial score (nSPS) is 17.2. The lowest BCUT2D eigenvalue weighted by molar-refractivity contribution is 0.340. The molecule has 1 aliphatic rings. The summed E-state index contributed by atoms with van der Waals surface area (Å²) in [7, 11) is 0. The van der Waals surface area contributed by atoms with E-state index in [2.05, 4.69) is 43.5 Å². The second-order valence-electron chi connectivity index (χ2n) is 8.72. The standard InChI is InChI=1S/C25H22ClN9/c1-34-14-17-18(33-34)8-7-16(21(17)26)22-20-19(13-27)29-24(30-23(20)32-31-22)35-11-9-25(28,10-12-35)15-5-3-2-4-6-15/h2-8,14H,9-12,28H2,1H3,(H,29,30,31,32)/i1D3. The molecule has 1 fully saturated rings. The van der Waals surface area contributed by atoms with E-state index in [1.54, 1.807) is 12.1 Å². The van der Waals surface area contributed by atoms with Crippen molar-refractivity contribution in [2.24, 2.45) is 12.7 Å². The molecular weight excluding hydrogens is 462 g/mol. The first kappa shape index (κ1) is 18.3. The van der Waals surface area contributed by atoms with Gasteiger partial charge < -0.3 is 10.6 Å². The SMILES string of the molecule is [2H]C([2H])([2H])n1cc2c(Cl)c(-c3n[nH]c4nc(N5CCC(N)(c6ccccc6)CC5)nc(C#N)c34)ccc2n1. The number of rotatable bonds is 3. The summed E-state index contributed by atoms with van der Waals surface area (Å²) in [5.41, 5.74) is 9.32. The molecule has 174 valence electrons. The molecule has 1 aliphatic heterocycles. The minimum absolute atomic E-state index is 0.163. The van der Waals surface area contributed by atoms with E-state index in [4.69, 9.17) is 21.4 Å². The van der Waals surface area contributed by atoms with Crippen LogP contribution in [-0.2, 0) is 12.5 Å². The molecule has 0 spiro atoms. The van der Waals surface area contributed by atoms with Crippen LogP contribution in [0.25, 0.3) is 33.2 Å². The second kappa shape index (κ2) is 8.05. The quantitative estimate of drug-likeness (QED) is 0.396. The van der Waals surface area contributed by atoms with E-state index in [-0.39, 0.29) is 10.7 Å². The molecule has 6 rings (SSSR count). The van der Waals surface area contributed by atoms with Gasteiger partial charge in [0.05, 0.1) is 15.9 Å². The Morgan fingerprint density at radius 1 is 1.17 bits per heavy atom. The van der Waals surface area contributed by atoms with E-state index in [0.717, 1.165) is 10.2 Å². The monoisotopic (exact) mass is 486 g/mol. The first-order chi connectivity index (χ1) is 18.2. The number of fused-ring (bicyclic) bond motifs is 2. The van der Waals surface area contributed by atoms with Crippen LogP contribution < -0.4 is 10.6 Å². The largest absolute Gasteiger partial charge is 0.341 e. The molecule has 4 heterocycles. The Labute approximate surface area is 210 Å². The van der Waals surface area contributed by atoms with Gasteiger partial charge in [-0.05, 0) is 30.5 Å². The van der Waals surface area contributed by atoms with E-state index in [1.165, 1.54) is 6.20 Å². The smallest absolute Gasteiger partial charge is 0.228 e. The number of aryl methyl sites for hydroxylation is 1. The number of aromatic amines is 1. The molecular formula is C25H22ClN9. The molecule has 0 aliphatic carbocycles. The number of nitrogens with one attached hydrogen (secondary N) is 1. The van der Waals surface area contributed by atoms with Gasteiger partial charge in [-0.2, -0.15) is 20.4 Å². The number of anilines is 1. The van der Waals surface area contributed by atoms with Gasteiger partial charge in [-0.3, -0.25) is 9.78 Å². The van der Waals surface area contributed by atoms with Gasteiger partial charge in [-0.25, -0.2) is 4.98 Å². The molecule has 0 atom stereocenters. The number of nitrogens with two attached hydrogens (primary N) is 1. The lowest BCUT2D eigenvalue weighted by atomic mass is 9.82. The molecule has 0 radical (unpaired) electrons. The summed E-state index contributed by atoms with van der Waals surface area (Å²) in [4.78, 5) is 11.3. The third-order valence-corrected chi connectivity index (χ3v) is 7.09. The summed E-state index contributed by atoms with van der Waals surface area (Å²) in [5.74, 6) is 0.430. The number of hydrogen-bond donors (Lipinski definition) is 2. The maximum absolute atomic E-state index is 9.98. The van der Waals surface area contributed by atoms with Crippen LogP contribution in [0.15, 0.2) is 48.7 Å². The zero-order valence-electron chi connectivity index (χ0n) is 21.5. The highest BCUT2D eigenvalue weighted by atomic mass is 35.5. The predicted molar refractivity (Wildman–Crippen MR) is 135 cm³/mol. The summed E-state index contributed by atoms with van der Waals surface area (Å²) in [6.45, 7) is -1.16. The van der Waals surface area contributed by atoms with Gasteiger partial charge in [-0.15, -0.1) is 0 Å². The Balaban J connectivity index is 1.35. The fourth-order valence-electron chi connectivity index (χ4n) is 4.74. The number of aromatic nitrogens is 6. The molecule has 35 heavy (non-hydrogen) atoms. The summed E-state index contributed by atoms with van der Waals surface area (Å²) in [5, 5.41) is 22.6. The molecule has 0 unspecified atom stereocenters. The Bertz CT molecular complexity index is 1710. The van der Waals surface area contributed by atoms with Gasteiger partial charge >= 0.3 is 0 Å². The van der Waals surface area contributed by atoms with Crippen LogP contribution in [0.5, 0.6) is 0 Å². The van der Waals surface area contributed by atoms with Crippen molar-refractivity contribution in [3.63, 3.8) is 0 Å². The lowest BCUT2D eigenvalue weighted by Gasteiger charge is -2.39. The molecule has 0 saturated carbocycles. The number of benzene rings is 2. The van der Waals surface area contributed by atoms with Gasteiger partial charge in [0.15, 0.2) is 11.3 Å². The van der Waals surface area contributed by atoms with E-state index < -0.39 is 12.5 Å². The molecule has 3 N–H and O–H groups in total. The van der Waals surface area contributed by atoms with Gasteiger partial charge in [0.2, 0.25) is 5.95 Å². The zero-order chi connectivity index (χ0) is 26.7. The van der Waals surface area contributed by atoms with Gasteiger partial charge in [-0.1, -0.05) is 41.9 Å². The average molecular weight is 487 g/mol. The first-order valence-electron chi connectivity index (χ1n) is 12.6. The van der Waals surface area contributed by atoms with Crippen molar-refractivity contribution in [1.82, 2.24) is 29.9 Å². The van der Waals surface area contributed by atoms with Crippen molar-refractivity contribution in [2.75, 3.05) is 18.0 Å². The fraction of sp³-hybridized carbons (Fsp3) is 0.240. The van der Waals surface area contributed by atoms with E-state index in [0.29, 0.717) is 65.1 Å². The van der Waals surface area contributed by atoms with Crippen molar-refractivity contribution in [2.45, 2.75) is 18.4 Å². The summed E-state index contributed by atoms with van der Waals surface area (Å²) in [6, 6.07) is 15.6. The minimum Gasteiger partial charge on any atom is -0.341 e. The maximum atomic E-state index is 9.98. The predicted octanol–water partition coefficient (Wildman–Crippen LogP) is 3.89. The highest BCUT2D eigenvalue weighted by Crippen LogP contribution is 2.38. The van der Waals surface area contributed by atoms with Gasteiger partial charge in [0.25, 0.3) is 0 Å².